The van der Waals surface area contributed by atoms with Crippen LogP contribution in [0.2, 0.25) is 0 Å². The zero-order chi connectivity index (χ0) is 15.0. The van der Waals surface area contributed by atoms with Crippen molar-refractivity contribution in [2.24, 2.45) is 0 Å². The standard InChI is InChI=1S/C13H16N4O3S/c1-16-6-7-17(12-5-3-2-4-11(12)16)21(19,20)13-10(9-18)8-14-15-13/h2-5,8,18H,6-7,9H2,1H3,(H,14,15). The highest BCUT2D eigenvalue weighted by Crippen LogP contribution is 2.35. The molecule has 21 heavy (non-hydrogen) atoms. The summed E-state index contributed by atoms with van der Waals surface area (Å²) in [5, 5.41) is 15.4. The molecule has 1 aromatic carbocycles. The van der Waals surface area contributed by atoms with Crippen LogP contribution in [0, 0.1) is 0 Å². The Bertz CT molecular complexity index is 756. The van der Waals surface area contributed by atoms with Crippen molar-refractivity contribution in [2.75, 3.05) is 29.3 Å². The predicted molar refractivity (Wildman–Crippen MR) is 78.8 cm³/mol. The molecule has 0 fully saturated rings. The number of hydrogen-bond acceptors (Lipinski definition) is 5. The number of hydrogen-bond donors (Lipinski definition) is 2. The van der Waals surface area contributed by atoms with Gasteiger partial charge in [0.05, 0.1) is 30.7 Å². The molecule has 1 aliphatic rings. The van der Waals surface area contributed by atoms with Crippen LogP contribution in [-0.4, -0.2) is 43.9 Å². The van der Waals surface area contributed by atoms with Gasteiger partial charge in [-0.15, -0.1) is 0 Å². The minimum Gasteiger partial charge on any atom is -0.392 e. The summed E-state index contributed by atoms with van der Waals surface area (Å²) in [4.78, 5) is 2.02. The number of aromatic nitrogens is 2. The third-order valence-electron chi connectivity index (χ3n) is 3.60. The molecule has 3 rings (SSSR count). The first-order valence-electron chi connectivity index (χ1n) is 6.51. The van der Waals surface area contributed by atoms with Gasteiger partial charge in [0.2, 0.25) is 0 Å². The molecule has 2 N–H and O–H groups in total. The van der Waals surface area contributed by atoms with E-state index in [-0.39, 0.29) is 17.2 Å². The number of aliphatic hydroxyl groups excluding tert-OH is 1. The number of sulfonamides is 1. The quantitative estimate of drug-likeness (QED) is 0.864. The minimum atomic E-state index is -3.77. The van der Waals surface area contributed by atoms with Gasteiger partial charge in [0.1, 0.15) is 0 Å². The van der Waals surface area contributed by atoms with E-state index in [2.05, 4.69) is 10.2 Å². The van der Waals surface area contributed by atoms with Gasteiger partial charge in [-0.2, -0.15) is 13.5 Å². The summed E-state index contributed by atoms with van der Waals surface area (Å²) in [5.74, 6) is 0. The van der Waals surface area contributed by atoms with E-state index in [1.54, 1.807) is 12.1 Å². The second kappa shape index (κ2) is 5.05. The topological polar surface area (TPSA) is 89.5 Å². The Hall–Kier alpha value is -2.06. The zero-order valence-electron chi connectivity index (χ0n) is 11.5. The zero-order valence-corrected chi connectivity index (χ0v) is 12.3. The van der Waals surface area contributed by atoms with Crippen LogP contribution in [0.3, 0.4) is 0 Å². The lowest BCUT2D eigenvalue weighted by Crippen LogP contribution is -2.42. The molecular weight excluding hydrogens is 292 g/mol. The summed E-state index contributed by atoms with van der Waals surface area (Å²) in [7, 11) is -1.84. The van der Waals surface area contributed by atoms with Crippen molar-refractivity contribution in [3.8, 4) is 0 Å². The Morgan fingerprint density at radius 2 is 2.00 bits per heavy atom. The number of nitrogens with zero attached hydrogens (tertiary/aromatic N) is 3. The molecule has 0 saturated heterocycles. The molecule has 2 aromatic rings. The average Bonchev–Trinajstić information content (AvgIpc) is 2.97. The number of aromatic amines is 1. The summed E-state index contributed by atoms with van der Waals surface area (Å²) >= 11 is 0. The normalized spacial score (nSPS) is 15.1. The fourth-order valence-electron chi connectivity index (χ4n) is 2.47. The maximum absolute atomic E-state index is 12.8. The highest BCUT2D eigenvalue weighted by Gasteiger charge is 2.33. The fraction of sp³-hybridized carbons (Fsp3) is 0.308. The Morgan fingerprint density at radius 1 is 1.29 bits per heavy atom. The van der Waals surface area contributed by atoms with E-state index >= 15 is 0 Å². The van der Waals surface area contributed by atoms with Crippen molar-refractivity contribution in [2.45, 2.75) is 11.6 Å². The summed E-state index contributed by atoms with van der Waals surface area (Å²) in [6, 6.07) is 7.34. The Morgan fingerprint density at radius 3 is 2.71 bits per heavy atom. The van der Waals surface area contributed by atoms with Crippen LogP contribution in [0.4, 0.5) is 11.4 Å². The number of rotatable bonds is 3. The molecule has 1 aliphatic heterocycles. The summed E-state index contributed by atoms with van der Waals surface area (Å²) in [6.07, 6.45) is 1.33. The molecule has 0 atom stereocenters. The minimum absolute atomic E-state index is 0.0515. The van der Waals surface area contributed by atoms with Crippen LogP contribution in [0.1, 0.15) is 5.56 Å². The third-order valence-corrected chi connectivity index (χ3v) is 5.43. The van der Waals surface area contributed by atoms with Gasteiger partial charge in [0.25, 0.3) is 10.0 Å². The Kier molecular flexibility index (Phi) is 3.34. The summed E-state index contributed by atoms with van der Waals surface area (Å²) in [5.41, 5.74) is 1.76. The first-order valence-corrected chi connectivity index (χ1v) is 7.95. The SMILES string of the molecule is CN1CCN(S(=O)(=O)c2[nH]ncc2CO)c2ccccc21. The van der Waals surface area contributed by atoms with Crippen LogP contribution in [0.15, 0.2) is 35.5 Å². The van der Waals surface area contributed by atoms with Crippen LogP contribution in [-0.2, 0) is 16.6 Å². The molecule has 2 heterocycles. The lowest BCUT2D eigenvalue weighted by Gasteiger charge is -2.35. The van der Waals surface area contributed by atoms with E-state index in [0.717, 1.165) is 5.69 Å². The van der Waals surface area contributed by atoms with Gasteiger partial charge >= 0.3 is 0 Å². The van der Waals surface area contributed by atoms with Gasteiger partial charge in [-0.3, -0.25) is 9.40 Å². The molecule has 0 spiro atoms. The largest absolute Gasteiger partial charge is 0.392 e. The molecule has 0 bridgehead atoms. The van der Waals surface area contributed by atoms with E-state index in [9.17, 15) is 13.5 Å². The number of fused-ring (bicyclic) bond motifs is 1. The second-order valence-corrected chi connectivity index (χ2v) is 6.67. The average molecular weight is 308 g/mol. The number of anilines is 2. The van der Waals surface area contributed by atoms with E-state index in [4.69, 9.17) is 0 Å². The first kappa shape index (κ1) is 13.9. The molecule has 1 aromatic heterocycles. The smallest absolute Gasteiger partial charge is 0.281 e. The van der Waals surface area contributed by atoms with Crippen molar-refractivity contribution in [3.63, 3.8) is 0 Å². The second-order valence-electron chi connectivity index (χ2n) is 4.87. The van der Waals surface area contributed by atoms with E-state index in [1.165, 1.54) is 10.5 Å². The van der Waals surface area contributed by atoms with Crippen LogP contribution >= 0.6 is 0 Å². The Balaban J connectivity index is 2.11. The molecule has 7 nitrogen and oxygen atoms in total. The maximum atomic E-state index is 12.8. The predicted octanol–water partition coefficient (Wildman–Crippen LogP) is 0.547. The molecule has 0 unspecified atom stereocenters. The molecule has 0 amide bonds. The summed E-state index contributed by atoms with van der Waals surface area (Å²) < 4.78 is 27.0. The van der Waals surface area contributed by atoms with Crippen molar-refractivity contribution < 1.29 is 13.5 Å². The van der Waals surface area contributed by atoms with Gasteiger partial charge in [-0.1, -0.05) is 12.1 Å². The lowest BCUT2D eigenvalue weighted by molar-refractivity contribution is 0.278. The highest BCUT2D eigenvalue weighted by atomic mass is 32.2. The van der Waals surface area contributed by atoms with Crippen molar-refractivity contribution in [1.29, 1.82) is 0 Å². The van der Waals surface area contributed by atoms with Crippen LogP contribution in [0.5, 0.6) is 0 Å². The molecule has 0 radical (unpaired) electrons. The number of H-pyrrole nitrogens is 1. The number of nitrogens with one attached hydrogen (secondary N) is 1. The summed E-state index contributed by atoms with van der Waals surface area (Å²) in [6.45, 7) is 0.568. The van der Waals surface area contributed by atoms with Gasteiger partial charge in [0.15, 0.2) is 5.03 Å². The van der Waals surface area contributed by atoms with Crippen molar-refractivity contribution in [1.82, 2.24) is 10.2 Å². The van der Waals surface area contributed by atoms with Gasteiger partial charge in [0, 0.05) is 19.2 Å². The fourth-order valence-corrected chi connectivity index (χ4v) is 4.05. The monoisotopic (exact) mass is 308 g/mol. The number of benzene rings is 1. The maximum Gasteiger partial charge on any atom is 0.281 e. The van der Waals surface area contributed by atoms with Gasteiger partial charge < -0.3 is 10.0 Å². The van der Waals surface area contributed by atoms with E-state index in [1.807, 2.05) is 24.1 Å². The van der Waals surface area contributed by atoms with Gasteiger partial charge in [-0.25, -0.2) is 0 Å². The number of para-hydroxylation sites is 2. The van der Waals surface area contributed by atoms with E-state index < -0.39 is 10.0 Å². The van der Waals surface area contributed by atoms with Crippen LogP contribution in [0.25, 0.3) is 0 Å². The molecule has 0 aliphatic carbocycles. The highest BCUT2D eigenvalue weighted by molar-refractivity contribution is 7.92. The van der Waals surface area contributed by atoms with Crippen molar-refractivity contribution >= 4 is 21.4 Å². The molecule has 0 saturated carbocycles. The lowest BCUT2D eigenvalue weighted by atomic mass is 10.2. The van der Waals surface area contributed by atoms with Crippen LogP contribution < -0.4 is 9.21 Å². The van der Waals surface area contributed by atoms with Gasteiger partial charge in [-0.05, 0) is 12.1 Å². The molecule has 112 valence electrons. The van der Waals surface area contributed by atoms with Crippen molar-refractivity contribution in [3.05, 3.63) is 36.0 Å². The Labute approximate surface area is 122 Å². The van der Waals surface area contributed by atoms with E-state index in [0.29, 0.717) is 18.8 Å². The third kappa shape index (κ3) is 2.16. The first-order chi connectivity index (χ1) is 10.1. The number of aliphatic hydroxyl groups is 1. The molecular formula is C13H16N4O3S. The number of likely N-dealkylation sites (N-methyl/N-ethyl adjacent to an activating group) is 1. The molecule has 8 heteroatoms.